The van der Waals surface area contributed by atoms with Crippen molar-refractivity contribution in [3.63, 3.8) is 0 Å². The highest BCUT2D eigenvalue weighted by Crippen LogP contribution is 2.35. The summed E-state index contributed by atoms with van der Waals surface area (Å²) < 4.78 is 2.19. The molecule has 0 unspecified atom stereocenters. The molecule has 4 nitrogen and oxygen atoms in total. The van der Waals surface area contributed by atoms with Crippen LogP contribution in [0.3, 0.4) is 0 Å². The van der Waals surface area contributed by atoms with Crippen molar-refractivity contribution in [3.05, 3.63) is 105 Å². The van der Waals surface area contributed by atoms with Crippen LogP contribution in [0, 0.1) is 27.7 Å². The van der Waals surface area contributed by atoms with Gasteiger partial charge in [-0.05, 0) is 96.8 Å². The molecule has 0 aliphatic carbocycles. The number of hydrogen-bond donors (Lipinski definition) is 0. The molecule has 170 valence electrons. The van der Waals surface area contributed by atoms with Gasteiger partial charge in [0.25, 0.3) is 11.1 Å². The first-order valence-corrected chi connectivity index (χ1v) is 12.1. The van der Waals surface area contributed by atoms with Gasteiger partial charge in [-0.2, -0.15) is 0 Å². The van der Waals surface area contributed by atoms with Crippen LogP contribution >= 0.6 is 11.8 Å². The normalized spacial score (nSPS) is 15.2. The van der Waals surface area contributed by atoms with E-state index in [1.54, 1.807) is 0 Å². The van der Waals surface area contributed by atoms with Crippen LogP contribution in [-0.4, -0.2) is 20.6 Å². The van der Waals surface area contributed by atoms with Crippen LogP contribution in [-0.2, 0) is 11.3 Å². The van der Waals surface area contributed by atoms with Crippen molar-refractivity contribution in [2.75, 3.05) is 0 Å². The minimum absolute atomic E-state index is 0.229. The lowest BCUT2D eigenvalue weighted by Crippen LogP contribution is -2.27. The number of fused-ring (bicyclic) bond motifs is 1. The Morgan fingerprint density at radius 2 is 1.62 bits per heavy atom. The zero-order valence-electron chi connectivity index (χ0n) is 19.8. The van der Waals surface area contributed by atoms with Crippen LogP contribution in [0.15, 0.2) is 71.6 Å². The second kappa shape index (κ2) is 8.65. The standard InChI is InChI=1S/C29H26N2O2S/c1-18-12-13-25(14-19(18)2)31-20(3)15-24(21(31)4)16-27-28(32)30(29(33)34-27)17-23-10-7-9-22-8-5-6-11-26(22)23/h5-16H,17H2,1-4H3/b27-16+. The van der Waals surface area contributed by atoms with Crippen molar-refractivity contribution in [2.45, 2.75) is 34.2 Å². The molecule has 1 aliphatic rings. The number of thioether (sulfide) groups is 1. The SMILES string of the molecule is Cc1ccc(-n2c(C)cc(/C=C3/SC(=O)N(Cc4cccc5ccccc45)C3=O)c2C)cc1C. The van der Waals surface area contributed by atoms with Crippen LogP contribution in [0.2, 0.25) is 0 Å². The summed E-state index contributed by atoms with van der Waals surface area (Å²) in [6.07, 6.45) is 1.86. The number of benzene rings is 3. The van der Waals surface area contributed by atoms with E-state index in [2.05, 4.69) is 49.6 Å². The van der Waals surface area contributed by atoms with Crippen LogP contribution in [0.25, 0.3) is 22.5 Å². The molecule has 0 N–H and O–H groups in total. The monoisotopic (exact) mass is 466 g/mol. The Labute approximate surface area is 203 Å². The number of carbonyl (C=O) groups is 2. The Morgan fingerprint density at radius 3 is 2.41 bits per heavy atom. The molecule has 1 aliphatic heterocycles. The smallest absolute Gasteiger partial charge is 0.293 e. The van der Waals surface area contributed by atoms with Crippen molar-refractivity contribution in [1.29, 1.82) is 0 Å². The maximum absolute atomic E-state index is 13.2. The Hall–Kier alpha value is -3.57. The van der Waals surface area contributed by atoms with E-state index in [0.717, 1.165) is 50.7 Å². The largest absolute Gasteiger partial charge is 0.318 e. The zero-order valence-corrected chi connectivity index (χ0v) is 20.6. The fraction of sp³-hybridized carbons (Fsp3) is 0.172. The molecular weight excluding hydrogens is 440 g/mol. The van der Waals surface area contributed by atoms with Crippen molar-refractivity contribution in [3.8, 4) is 5.69 Å². The molecule has 5 heteroatoms. The summed E-state index contributed by atoms with van der Waals surface area (Å²) >= 11 is 1.01. The van der Waals surface area contributed by atoms with Gasteiger partial charge in [0.1, 0.15) is 0 Å². The first-order chi connectivity index (χ1) is 16.3. The highest BCUT2D eigenvalue weighted by molar-refractivity contribution is 8.18. The van der Waals surface area contributed by atoms with Crippen molar-refractivity contribution >= 4 is 39.8 Å². The molecule has 1 saturated heterocycles. The summed E-state index contributed by atoms with van der Waals surface area (Å²) in [5, 5.41) is 1.93. The lowest BCUT2D eigenvalue weighted by Gasteiger charge is -2.14. The van der Waals surface area contributed by atoms with Crippen molar-refractivity contribution in [2.24, 2.45) is 0 Å². The quantitative estimate of drug-likeness (QED) is 0.301. The van der Waals surface area contributed by atoms with Crippen LogP contribution in [0.5, 0.6) is 0 Å². The lowest BCUT2D eigenvalue weighted by molar-refractivity contribution is -0.123. The summed E-state index contributed by atoms with van der Waals surface area (Å²) in [7, 11) is 0. The van der Waals surface area contributed by atoms with Crippen LogP contribution in [0.4, 0.5) is 4.79 Å². The Bertz CT molecular complexity index is 1490. The third kappa shape index (κ3) is 3.86. The van der Waals surface area contributed by atoms with Gasteiger partial charge in [0.05, 0.1) is 11.4 Å². The number of carbonyl (C=O) groups excluding carboxylic acids is 2. The van der Waals surface area contributed by atoms with E-state index in [-0.39, 0.29) is 17.7 Å². The second-order valence-electron chi connectivity index (χ2n) is 8.84. The third-order valence-electron chi connectivity index (χ3n) is 6.59. The van der Waals surface area contributed by atoms with E-state index in [4.69, 9.17) is 0 Å². The Balaban J connectivity index is 1.46. The van der Waals surface area contributed by atoms with E-state index in [1.807, 2.05) is 55.5 Å². The molecule has 5 rings (SSSR count). The average Bonchev–Trinajstić information content (AvgIpc) is 3.25. The number of imide groups is 1. The van der Waals surface area contributed by atoms with E-state index in [1.165, 1.54) is 16.0 Å². The highest BCUT2D eigenvalue weighted by Gasteiger charge is 2.35. The predicted molar refractivity (Wildman–Crippen MR) is 140 cm³/mol. The minimum Gasteiger partial charge on any atom is -0.318 e. The summed E-state index contributed by atoms with van der Waals surface area (Å²) in [4.78, 5) is 27.8. The number of hydrogen-bond acceptors (Lipinski definition) is 3. The van der Waals surface area contributed by atoms with E-state index < -0.39 is 0 Å². The van der Waals surface area contributed by atoms with Gasteiger partial charge in [-0.3, -0.25) is 14.5 Å². The first kappa shape index (κ1) is 22.2. The molecule has 0 radical (unpaired) electrons. The van der Waals surface area contributed by atoms with Gasteiger partial charge in [0.2, 0.25) is 0 Å². The number of aromatic nitrogens is 1. The molecule has 0 saturated carbocycles. The topological polar surface area (TPSA) is 42.3 Å². The predicted octanol–water partition coefficient (Wildman–Crippen LogP) is 7.10. The fourth-order valence-corrected chi connectivity index (χ4v) is 5.40. The van der Waals surface area contributed by atoms with Crippen LogP contribution < -0.4 is 0 Å². The number of amides is 2. The van der Waals surface area contributed by atoms with Gasteiger partial charge in [0, 0.05) is 17.1 Å². The molecule has 34 heavy (non-hydrogen) atoms. The van der Waals surface area contributed by atoms with Crippen LogP contribution in [0.1, 0.15) is 33.6 Å². The van der Waals surface area contributed by atoms with E-state index in [0.29, 0.717) is 4.91 Å². The summed E-state index contributed by atoms with van der Waals surface area (Å²) in [6, 6.07) is 22.5. The van der Waals surface area contributed by atoms with Crippen molar-refractivity contribution in [1.82, 2.24) is 9.47 Å². The molecule has 4 aromatic rings. The summed E-state index contributed by atoms with van der Waals surface area (Å²) in [6.45, 7) is 8.60. The Kier molecular flexibility index (Phi) is 5.66. The molecule has 1 fully saturated rings. The average molecular weight is 467 g/mol. The highest BCUT2D eigenvalue weighted by atomic mass is 32.2. The molecular formula is C29H26N2O2S. The molecule has 2 heterocycles. The molecule has 2 amide bonds. The molecule has 0 atom stereocenters. The molecule has 0 spiro atoms. The second-order valence-corrected chi connectivity index (χ2v) is 9.83. The zero-order chi connectivity index (χ0) is 24.0. The van der Waals surface area contributed by atoms with Crippen molar-refractivity contribution < 1.29 is 9.59 Å². The van der Waals surface area contributed by atoms with E-state index >= 15 is 0 Å². The summed E-state index contributed by atoms with van der Waals surface area (Å²) in [5.74, 6) is -0.237. The van der Waals surface area contributed by atoms with Gasteiger partial charge in [-0.1, -0.05) is 48.5 Å². The van der Waals surface area contributed by atoms with Gasteiger partial charge in [-0.25, -0.2) is 0 Å². The van der Waals surface area contributed by atoms with Gasteiger partial charge < -0.3 is 4.57 Å². The third-order valence-corrected chi connectivity index (χ3v) is 7.49. The lowest BCUT2D eigenvalue weighted by atomic mass is 10.0. The first-order valence-electron chi connectivity index (χ1n) is 11.3. The maximum Gasteiger partial charge on any atom is 0.293 e. The van der Waals surface area contributed by atoms with Gasteiger partial charge in [-0.15, -0.1) is 0 Å². The number of aryl methyl sites for hydroxylation is 3. The van der Waals surface area contributed by atoms with Gasteiger partial charge >= 0.3 is 0 Å². The summed E-state index contributed by atoms with van der Waals surface area (Å²) in [5.41, 5.74) is 7.64. The maximum atomic E-state index is 13.2. The Morgan fingerprint density at radius 1 is 0.853 bits per heavy atom. The minimum atomic E-state index is -0.237. The van der Waals surface area contributed by atoms with Gasteiger partial charge in [0.15, 0.2) is 0 Å². The fourth-order valence-electron chi connectivity index (χ4n) is 4.57. The molecule has 3 aromatic carbocycles. The van der Waals surface area contributed by atoms with E-state index in [9.17, 15) is 9.59 Å². The number of nitrogens with zero attached hydrogens (tertiary/aromatic N) is 2. The number of rotatable bonds is 4. The molecule has 1 aromatic heterocycles. The molecule has 0 bridgehead atoms.